The molecule has 1 unspecified atom stereocenters. The van der Waals surface area contributed by atoms with E-state index in [-0.39, 0.29) is 18.8 Å². The Bertz CT molecular complexity index is 513. The molecule has 1 aromatic heterocycles. The molecule has 0 aromatic carbocycles. The molecule has 20 heavy (non-hydrogen) atoms. The second-order valence-electron chi connectivity index (χ2n) is 4.71. The molecule has 0 saturated carbocycles. The molecule has 0 bridgehead atoms. The van der Waals surface area contributed by atoms with Crippen molar-refractivity contribution < 1.29 is 24.3 Å². The van der Waals surface area contributed by atoms with Crippen LogP contribution in [0.3, 0.4) is 0 Å². The van der Waals surface area contributed by atoms with Gasteiger partial charge in [-0.05, 0) is 6.92 Å². The number of amides is 1. The van der Waals surface area contributed by atoms with Gasteiger partial charge in [-0.15, -0.1) is 0 Å². The Kier molecular flexibility index (Phi) is 4.35. The van der Waals surface area contributed by atoms with Crippen molar-refractivity contribution in [1.82, 2.24) is 15.4 Å². The Labute approximate surface area is 115 Å². The highest BCUT2D eigenvalue weighted by Crippen LogP contribution is 2.16. The Morgan fingerprint density at radius 2 is 2.30 bits per heavy atom. The first-order chi connectivity index (χ1) is 9.54. The molecule has 1 amide bonds. The van der Waals surface area contributed by atoms with Gasteiger partial charge in [-0.3, -0.25) is 9.59 Å². The maximum absolute atomic E-state index is 12.4. The fourth-order valence-corrected chi connectivity index (χ4v) is 2.16. The summed E-state index contributed by atoms with van der Waals surface area (Å²) in [5, 5.41) is 25.0. The van der Waals surface area contributed by atoms with Crippen molar-refractivity contribution in [3.8, 4) is 0 Å². The molecular weight excluding hydrogens is 266 g/mol. The third-order valence-electron chi connectivity index (χ3n) is 3.37. The van der Waals surface area contributed by atoms with Crippen LogP contribution in [0.4, 0.5) is 0 Å². The average molecular weight is 283 g/mol. The van der Waals surface area contributed by atoms with Crippen LogP contribution < -0.4 is 5.32 Å². The van der Waals surface area contributed by atoms with E-state index in [1.165, 1.54) is 4.90 Å². The number of rotatable bonds is 3. The van der Waals surface area contributed by atoms with Gasteiger partial charge in [-0.2, -0.15) is 0 Å². The number of nitrogens with zero attached hydrogens (tertiary/aromatic N) is 2. The molecule has 0 radical (unpaired) electrons. The molecule has 1 fully saturated rings. The quantitative estimate of drug-likeness (QED) is 0.666. The summed E-state index contributed by atoms with van der Waals surface area (Å²) in [4.78, 5) is 24.9. The number of aromatic nitrogens is 1. The van der Waals surface area contributed by atoms with Crippen LogP contribution in [0.15, 0.2) is 4.52 Å². The normalized spacial score (nSPS) is 19.7. The molecule has 8 nitrogen and oxygen atoms in total. The third-order valence-corrected chi connectivity index (χ3v) is 3.37. The van der Waals surface area contributed by atoms with Crippen molar-refractivity contribution in [3.05, 3.63) is 17.0 Å². The first-order valence-corrected chi connectivity index (χ1v) is 6.33. The van der Waals surface area contributed by atoms with Crippen LogP contribution in [-0.4, -0.2) is 58.3 Å². The number of aliphatic carboxylic acids is 1. The van der Waals surface area contributed by atoms with Gasteiger partial charge in [0.15, 0.2) is 5.69 Å². The zero-order chi connectivity index (χ0) is 14.7. The minimum absolute atomic E-state index is 0.0519. The van der Waals surface area contributed by atoms with E-state index >= 15 is 0 Å². The third kappa shape index (κ3) is 2.81. The zero-order valence-corrected chi connectivity index (χ0v) is 11.1. The van der Waals surface area contributed by atoms with E-state index < -0.39 is 17.8 Å². The van der Waals surface area contributed by atoms with Crippen molar-refractivity contribution in [1.29, 1.82) is 0 Å². The molecule has 1 saturated heterocycles. The van der Waals surface area contributed by atoms with E-state index in [1.54, 1.807) is 6.92 Å². The standard InChI is InChI=1S/C12H17N3O5/c1-7-9(6-16)10(14-20-7)11(17)15-3-2-13-4-8(5-15)12(18)19/h8,13,16H,2-6H2,1H3,(H,18,19). The van der Waals surface area contributed by atoms with Gasteiger partial charge in [0, 0.05) is 26.2 Å². The summed E-state index contributed by atoms with van der Waals surface area (Å²) in [6.45, 7) is 2.60. The summed E-state index contributed by atoms with van der Waals surface area (Å²) < 4.78 is 4.91. The molecule has 2 heterocycles. The second kappa shape index (κ2) is 6.02. The lowest BCUT2D eigenvalue weighted by atomic mass is 10.1. The summed E-state index contributed by atoms with van der Waals surface area (Å²) >= 11 is 0. The zero-order valence-electron chi connectivity index (χ0n) is 11.1. The van der Waals surface area contributed by atoms with E-state index in [0.717, 1.165) is 0 Å². The summed E-state index contributed by atoms with van der Waals surface area (Å²) in [6, 6.07) is 0. The molecule has 8 heteroatoms. The van der Waals surface area contributed by atoms with E-state index in [1.807, 2.05) is 0 Å². The molecule has 0 aliphatic carbocycles. The minimum atomic E-state index is -0.948. The maximum atomic E-state index is 12.4. The van der Waals surface area contributed by atoms with Crippen LogP contribution in [0.5, 0.6) is 0 Å². The molecule has 3 N–H and O–H groups in total. The highest BCUT2D eigenvalue weighted by Gasteiger charge is 2.30. The predicted octanol–water partition coefficient (Wildman–Crippen LogP) is -0.778. The molecule has 0 spiro atoms. The van der Waals surface area contributed by atoms with Crippen LogP contribution in [0.2, 0.25) is 0 Å². The van der Waals surface area contributed by atoms with Crippen LogP contribution in [0.25, 0.3) is 0 Å². The van der Waals surface area contributed by atoms with Crippen molar-refractivity contribution in [2.24, 2.45) is 5.92 Å². The summed E-state index contributed by atoms with van der Waals surface area (Å²) in [7, 11) is 0. The topological polar surface area (TPSA) is 116 Å². The number of aliphatic hydroxyl groups excluding tert-OH is 1. The predicted molar refractivity (Wildman–Crippen MR) is 67.1 cm³/mol. The van der Waals surface area contributed by atoms with Crippen LogP contribution in [0, 0.1) is 12.8 Å². The lowest BCUT2D eigenvalue weighted by molar-refractivity contribution is -0.141. The molecule has 110 valence electrons. The molecule has 1 aliphatic heterocycles. The second-order valence-corrected chi connectivity index (χ2v) is 4.71. The minimum Gasteiger partial charge on any atom is -0.481 e. The Morgan fingerprint density at radius 3 is 2.95 bits per heavy atom. The van der Waals surface area contributed by atoms with Crippen LogP contribution in [-0.2, 0) is 11.4 Å². The lowest BCUT2D eigenvalue weighted by Crippen LogP contribution is -2.38. The lowest BCUT2D eigenvalue weighted by Gasteiger charge is -2.21. The number of hydrogen-bond acceptors (Lipinski definition) is 6. The monoisotopic (exact) mass is 283 g/mol. The molecule has 1 aliphatic rings. The van der Waals surface area contributed by atoms with Gasteiger partial charge in [-0.1, -0.05) is 5.16 Å². The first-order valence-electron chi connectivity index (χ1n) is 6.33. The molecule has 1 atom stereocenters. The number of carbonyl (C=O) groups excluding carboxylic acids is 1. The largest absolute Gasteiger partial charge is 0.481 e. The summed E-state index contributed by atoms with van der Waals surface area (Å²) in [5.74, 6) is -1.64. The van der Waals surface area contributed by atoms with Crippen molar-refractivity contribution >= 4 is 11.9 Å². The van der Waals surface area contributed by atoms with Crippen molar-refractivity contribution in [3.63, 3.8) is 0 Å². The number of carboxylic acid groups (broad SMARTS) is 1. The van der Waals surface area contributed by atoms with Crippen molar-refractivity contribution in [2.45, 2.75) is 13.5 Å². The first kappa shape index (κ1) is 14.5. The summed E-state index contributed by atoms with van der Waals surface area (Å²) in [5.41, 5.74) is 0.398. The van der Waals surface area contributed by atoms with E-state index in [0.29, 0.717) is 31.0 Å². The van der Waals surface area contributed by atoms with E-state index in [2.05, 4.69) is 10.5 Å². The van der Waals surface area contributed by atoms with E-state index in [9.17, 15) is 14.7 Å². The fourth-order valence-electron chi connectivity index (χ4n) is 2.16. The Balaban J connectivity index is 2.20. The van der Waals surface area contributed by atoms with Gasteiger partial charge in [-0.25, -0.2) is 0 Å². The van der Waals surface area contributed by atoms with Crippen LogP contribution >= 0.6 is 0 Å². The van der Waals surface area contributed by atoms with Crippen LogP contribution in [0.1, 0.15) is 21.8 Å². The highest BCUT2D eigenvalue weighted by atomic mass is 16.5. The molecule has 1 aromatic rings. The van der Waals surface area contributed by atoms with E-state index in [4.69, 9.17) is 9.63 Å². The number of aliphatic hydroxyl groups is 1. The highest BCUT2D eigenvalue weighted by molar-refractivity contribution is 5.94. The van der Waals surface area contributed by atoms with Crippen molar-refractivity contribution in [2.75, 3.05) is 26.2 Å². The Morgan fingerprint density at radius 1 is 1.55 bits per heavy atom. The Hall–Kier alpha value is -1.93. The number of aryl methyl sites for hydroxylation is 1. The SMILES string of the molecule is Cc1onc(C(=O)N2CCNCC(C(=O)O)C2)c1CO. The molecular formula is C12H17N3O5. The number of carboxylic acids is 1. The number of nitrogens with one attached hydrogen (secondary N) is 1. The molecule has 2 rings (SSSR count). The number of hydrogen-bond donors (Lipinski definition) is 3. The van der Waals surface area contributed by atoms with Gasteiger partial charge in [0.2, 0.25) is 0 Å². The smallest absolute Gasteiger partial charge is 0.309 e. The summed E-state index contributed by atoms with van der Waals surface area (Å²) in [6.07, 6.45) is 0. The maximum Gasteiger partial charge on any atom is 0.309 e. The van der Waals surface area contributed by atoms with Gasteiger partial charge in [0.05, 0.1) is 18.1 Å². The number of carbonyl (C=O) groups is 2. The fraction of sp³-hybridized carbons (Fsp3) is 0.583. The average Bonchev–Trinajstić information content (AvgIpc) is 2.64. The van der Waals surface area contributed by atoms with Gasteiger partial charge < -0.3 is 25.0 Å². The van der Waals surface area contributed by atoms with Gasteiger partial charge >= 0.3 is 5.97 Å². The van der Waals surface area contributed by atoms with Gasteiger partial charge in [0.1, 0.15) is 5.76 Å². The van der Waals surface area contributed by atoms with Gasteiger partial charge in [0.25, 0.3) is 5.91 Å².